The Labute approximate surface area is 185 Å². The molecule has 0 radical (unpaired) electrons. The molecule has 0 spiro atoms. The molecule has 5 nitrogen and oxygen atoms in total. The molecule has 156 valence electrons. The first-order chi connectivity index (χ1) is 14.6. The normalized spacial score (nSPS) is 14.7. The van der Waals surface area contributed by atoms with Crippen molar-refractivity contribution in [1.29, 1.82) is 0 Å². The Kier molecular flexibility index (Phi) is 6.67. The van der Waals surface area contributed by atoms with Crippen LogP contribution in [0.2, 0.25) is 5.02 Å². The first-order valence-electron chi connectivity index (χ1n) is 9.96. The van der Waals surface area contributed by atoms with Crippen LogP contribution < -0.4 is 4.74 Å². The third kappa shape index (κ3) is 5.19. The molecule has 0 atom stereocenters. The molecule has 0 bridgehead atoms. The van der Waals surface area contributed by atoms with Crippen LogP contribution in [0.4, 0.5) is 0 Å². The summed E-state index contributed by atoms with van der Waals surface area (Å²) in [5.74, 6) is 0.911. The fourth-order valence-electron chi connectivity index (χ4n) is 3.48. The predicted octanol–water partition coefficient (Wildman–Crippen LogP) is 4.64. The number of carbonyl (C=O) groups is 1. The Morgan fingerprint density at radius 2 is 2.00 bits per heavy atom. The van der Waals surface area contributed by atoms with Crippen molar-refractivity contribution in [3.05, 3.63) is 80.8 Å². The molecule has 3 heterocycles. The van der Waals surface area contributed by atoms with Crippen molar-refractivity contribution < 1.29 is 9.53 Å². The van der Waals surface area contributed by atoms with Crippen LogP contribution in [0.3, 0.4) is 0 Å². The summed E-state index contributed by atoms with van der Waals surface area (Å²) in [6.07, 6.45) is 1.82. The predicted molar refractivity (Wildman–Crippen MR) is 120 cm³/mol. The van der Waals surface area contributed by atoms with E-state index in [0.29, 0.717) is 11.6 Å². The smallest absolute Gasteiger partial charge is 0.264 e. The molecule has 1 saturated heterocycles. The number of pyridine rings is 1. The van der Waals surface area contributed by atoms with Crippen LogP contribution >= 0.6 is 22.9 Å². The fraction of sp³-hybridized carbons (Fsp3) is 0.304. The van der Waals surface area contributed by atoms with Gasteiger partial charge in [0.05, 0.1) is 10.6 Å². The van der Waals surface area contributed by atoms with Gasteiger partial charge in [-0.25, -0.2) is 0 Å². The third-order valence-electron chi connectivity index (χ3n) is 5.17. The Morgan fingerprint density at radius 3 is 2.73 bits per heavy atom. The van der Waals surface area contributed by atoms with E-state index in [2.05, 4.69) is 9.88 Å². The van der Waals surface area contributed by atoms with E-state index in [1.807, 2.05) is 65.9 Å². The molecule has 1 aliphatic heterocycles. The molecular weight excluding hydrogens is 418 g/mol. The SMILES string of the molecule is Cc1cc(Cl)ccc1OCc1csc(C(=O)N2CCN(Cc3ccccn3)CC2)c1. The molecule has 1 aliphatic rings. The summed E-state index contributed by atoms with van der Waals surface area (Å²) in [6, 6.07) is 13.5. The summed E-state index contributed by atoms with van der Waals surface area (Å²) in [5.41, 5.74) is 3.07. The summed E-state index contributed by atoms with van der Waals surface area (Å²) in [5, 5.41) is 2.69. The number of nitrogens with zero attached hydrogens (tertiary/aromatic N) is 3. The number of aryl methyl sites for hydroxylation is 1. The van der Waals surface area contributed by atoms with Gasteiger partial charge in [0, 0.05) is 49.5 Å². The number of thiophene rings is 1. The van der Waals surface area contributed by atoms with Gasteiger partial charge in [-0.3, -0.25) is 14.7 Å². The highest BCUT2D eigenvalue weighted by atomic mass is 35.5. The fourth-order valence-corrected chi connectivity index (χ4v) is 4.58. The molecule has 4 rings (SSSR count). The van der Waals surface area contributed by atoms with Crippen molar-refractivity contribution in [3.8, 4) is 5.75 Å². The van der Waals surface area contributed by atoms with Crippen molar-refractivity contribution in [2.75, 3.05) is 26.2 Å². The summed E-state index contributed by atoms with van der Waals surface area (Å²) in [6.45, 7) is 6.42. The van der Waals surface area contributed by atoms with E-state index < -0.39 is 0 Å². The summed E-state index contributed by atoms with van der Waals surface area (Å²) in [7, 11) is 0. The molecule has 0 aliphatic carbocycles. The quantitative estimate of drug-likeness (QED) is 0.559. The zero-order valence-electron chi connectivity index (χ0n) is 16.9. The van der Waals surface area contributed by atoms with Gasteiger partial charge < -0.3 is 9.64 Å². The molecule has 0 unspecified atom stereocenters. The van der Waals surface area contributed by atoms with Gasteiger partial charge in [0.1, 0.15) is 12.4 Å². The van der Waals surface area contributed by atoms with Crippen molar-refractivity contribution in [2.24, 2.45) is 0 Å². The van der Waals surface area contributed by atoms with Crippen LogP contribution in [0.15, 0.2) is 54.0 Å². The Bertz CT molecular complexity index is 1000. The van der Waals surface area contributed by atoms with Crippen LogP contribution in [0, 0.1) is 6.92 Å². The van der Waals surface area contributed by atoms with E-state index in [-0.39, 0.29) is 5.91 Å². The molecule has 0 N–H and O–H groups in total. The van der Waals surface area contributed by atoms with Crippen molar-refractivity contribution in [1.82, 2.24) is 14.8 Å². The zero-order valence-corrected chi connectivity index (χ0v) is 18.5. The highest BCUT2D eigenvalue weighted by Crippen LogP contribution is 2.24. The highest BCUT2D eigenvalue weighted by Gasteiger charge is 2.23. The van der Waals surface area contributed by atoms with Crippen LogP contribution in [-0.2, 0) is 13.2 Å². The number of aromatic nitrogens is 1. The lowest BCUT2D eigenvalue weighted by atomic mass is 10.2. The second kappa shape index (κ2) is 9.60. The summed E-state index contributed by atoms with van der Waals surface area (Å²) < 4.78 is 5.90. The maximum absolute atomic E-state index is 12.9. The standard InChI is InChI=1S/C23H24ClN3O2S/c1-17-12-19(24)5-6-21(17)29-15-18-13-22(30-16-18)23(28)27-10-8-26(9-11-27)14-20-4-2-3-7-25-20/h2-7,12-13,16H,8-11,14-15H2,1H3. The largest absolute Gasteiger partial charge is 0.489 e. The van der Waals surface area contributed by atoms with E-state index in [9.17, 15) is 4.79 Å². The molecule has 7 heteroatoms. The first kappa shape index (κ1) is 20.8. The van der Waals surface area contributed by atoms with Gasteiger partial charge in [-0.15, -0.1) is 11.3 Å². The van der Waals surface area contributed by atoms with Crippen LogP contribution in [-0.4, -0.2) is 46.9 Å². The van der Waals surface area contributed by atoms with Gasteiger partial charge in [0.2, 0.25) is 0 Å². The second-order valence-corrected chi connectivity index (χ2v) is 8.75. The van der Waals surface area contributed by atoms with E-state index in [1.165, 1.54) is 11.3 Å². The minimum atomic E-state index is 0.103. The first-order valence-corrected chi connectivity index (χ1v) is 11.2. The second-order valence-electron chi connectivity index (χ2n) is 7.41. The molecule has 1 aromatic carbocycles. The average molecular weight is 442 g/mol. The van der Waals surface area contributed by atoms with Gasteiger partial charge in [-0.1, -0.05) is 17.7 Å². The van der Waals surface area contributed by atoms with Crippen molar-refractivity contribution in [2.45, 2.75) is 20.1 Å². The Hall–Kier alpha value is -2.41. The Morgan fingerprint density at radius 1 is 1.17 bits per heavy atom. The third-order valence-corrected chi connectivity index (χ3v) is 6.37. The number of carbonyl (C=O) groups excluding carboxylic acids is 1. The number of piperazine rings is 1. The molecule has 1 fully saturated rings. The number of rotatable bonds is 6. The molecule has 1 amide bonds. The molecule has 3 aromatic rings. The van der Waals surface area contributed by atoms with Gasteiger partial charge in [0.25, 0.3) is 5.91 Å². The number of halogens is 1. The molecule has 0 saturated carbocycles. The van der Waals surface area contributed by atoms with Crippen molar-refractivity contribution in [3.63, 3.8) is 0 Å². The number of benzene rings is 1. The van der Waals surface area contributed by atoms with Gasteiger partial charge in [-0.05, 0) is 54.3 Å². The molecule has 30 heavy (non-hydrogen) atoms. The van der Waals surface area contributed by atoms with Gasteiger partial charge in [-0.2, -0.15) is 0 Å². The van der Waals surface area contributed by atoms with E-state index in [0.717, 1.165) is 60.2 Å². The van der Waals surface area contributed by atoms with Crippen LogP contribution in [0.25, 0.3) is 0 Å². The minimum absolute atomic E-state index is 0.103. The lowest BCUT2D eigenvalue weighted by molar-refractivity contribution is 0.0631. The summed E-state index contributed by atoms with van der Waals surface area (Å²) in [4.78, 5) is 22.3. The lowest BCUT2D eigenvalue weighted by Crippen LogP contribution is -2.48. The maximum Gasteiger partial charge on any atom is 0.264 e. The van der Waals surface area contributed by atoms with Crippen LogP contribution in [0.5, 0.6) is 5.75 Å². The number of amides is 1. The van der Waals surface area contributed by atoms with E-state index in [4.69, 9.17) is 16.3 Å². The van der Waals surface area contributed by atoms with Gasteiger partial charge in [0.15, 0.2) is 0 Å². The topological polar surface area (TPSA) is 45.7 Å². The minimum Gasteiger partial charge on any atom is -0.489 e. The number of hydrogen-bond acceptors (Lipinski definition) is 5. The summed E-state index contributed by atoms with van der Waals surface area (Å²) >= 11 is 7.47. The lowest BCUT2D eigenvalue weighted by Gasteiger charge is -2.34. The van der Waals surface area contributed by atoms with Crippen molar-refractivity contribution >= 4 is 28.8 Å². The number of ether oxygens (including phenoxy) is 1. The van der Waals surface area contributed by atoms with E-state index in [1.54, 1.807) is 0 Å². The van der Waals surface area contributed by atoms with E-state index >= 15 is 0 Å². The van der Waals surface area contributed by atoms with Gasteiger partial charge >= 0.3 is 0 Å². The highest BCUT2D eigenvalue weighted by molar-refractivity contribution is 7.12. The maximum atomic E-state index is 12.9. The zero-order chi connectivity index (χ0) is 20.9. The monoisotopic (exact) mass is 441 g/mol. The Balaban J connectivity index is 1.29. The van der Waals surface area contributed by atoms with Crippen LogP contribution in [0.1, 0.15) is 26.5 Å². The molecular formula is C23H24ClN3O2S. The molecule has 2 aromatic heterocycles. The average Bonchev–Trinajstić information content (AvgIpc) is 3.23. The number of hydrogen-bond donors (Lipinski definition) is 0.